The summed E-state index contributed by atoms with van der Waals surface area (Å²) in [6.07, 6.45) is 1.55. The van der Waals surface area contributed by atoms with E-state index < -0.39 is 0 Å². The molecule has 0 spiro atoms. The predicted molar refractivity (Wildman–Crippen MR) is 65.8 cm³/mol. The van der Waals surface area contributed by atoms with Crippen LogP contribution in [0.25, 0.3) is 0 Å². The monoisotopic (exact) mass is 276 g/mol. The van der Waals surface area contributed by atoms with Gasteiger partial charge in [-0.2, -0.15) is 11.3 Å². The average Bonchev–Trinajstić information content (AvgIpc) is 2.45. The van der Waals surface area contributed by atoms with Gasteiger partial charge in [-0.05, 0) is 45.1 Å². The number of halogens is 1. The summed E-state index contributed by atoms with van der Waals surface area (Å²) in [4.78, 5) is 0. The Hall–Kier alpha value is 0.140. The first-order chi connectivity index (χ1) is 6.41. The summed E-state index contributed by atoms with van der Waals surface area (Å²) in [5, 5.41) is 14.1. The SMILES string of the molecule is CC(C)(C)C(O)CCc1cscc1Br. The van der Waals surface area contributed by atoms with Crippen LogP contribution >= 0.6 is 27.3 Å². The van der Waals surface area contributed by atoms with E-state index in [-0.39, 0.29) is 11.5 Å². The molecule has 1 nitrogen and oxygen atoms in total. The van der Waals surface area contributed by atoms with Gasteiger partial charge in [0.1, 0.15) is 0 Å². The zero-order valence-electron chi connectivity index (χ0n) is 8.88. The lowest BCUT2D eigenvalue weighted by Crippen LogP contribution is -2.26. The maximum Gasteiger partial charge on any atom is 0.0591 e. The number of aliphatic hydroxyl groups is 1. The van der Waals surface area contributed by atoms with E-state index in [0.29, 0.717) is 0 Å². The minimum absolute atomic E-state index is 0.0114. The third-order valence-electron chi connectivity index (χ3n) is 2.38. The van der Waals surface area contributed by atoms with Gasteiger partial charge in [0.05, 0.1) is 6.10 Å². The summed E-state index contributed by atoms with van der Waals surface area (Å²) in [6.45, 7) is 6.21. The minimum atomic E-state index is -0.228. The van der Waals surface area contributed by atoms with Gasteiger partial charge < -0.3 is 5.11 Å². The molecule has 1 unspecified atom stereocenters. The Morgan fingerprint density at radius 1 is 1.43 bits per heavy atom. The highest BCUT2D eigenvalue weighted by atomic mass is 79.9. The zero-order valence-corrected chi connectivity index (χ0v) is 11.3. The predicted octanol–water partition coefficient (Wildman–Crippen LogP) is 3.85. The van der Waals surface area contributed by atoms with Crippen molar-refractivity contribution in [1.29, 1.82) is 0 Å². The van der Waals surface area contributed by atoms with Crippen molar-refractivity contribution in [3.8, 4) is 0 Å². The highest BCUT2D eigenvalue weighted by Gasteiger charge is 2.21. The van der Waals surface area contributed by atoms with E-state index in [1.165, 1.54) is 10.0 Å². The Morgan fingerprint density at radius 3 is 2.50 bits per heavy atom. The lowest BCUT2D eigenvalue weighted by molar-refractivity contribution is 0.0560. The van der Waals surface area contributed by atoms with Gasteiger partial charge in [-0.1, -0.05) is 20.8 Å². The molecule has 0 saturated heterocycles. The van der Waals surface area contributed by atoms with Crippen LogP contribution in [0.15, 0.2) is 15.2 Å². The molecule has 1 heterocycles. The van der Waals surface area contributed by atoms with Gasteiger partial charge in [0.2, 0.25) is 0 Å². The number of aliphatic hydroxyl groups excluding tert-OH is 1. The molecule has 0 radical (unpaired) electrons. The van der Waals surface area contributed by atoms with Crippen molar-refractivity contribution in [2.45, 2.75) is 39.7 Å². The van der Waals surface area contributed by atoms with Gasteiger partial charge in [0.15, 0.2) is 0 Å². The first-order valence-corrected chi connectivity index (χ1v) is 6.53. The van der Waals surface area contributed by atoms with Crippen LogP contribution in [-0.4, -0.2) is 11.2 Å². The molecule has 0 aliphatic carbocycles. The molecule has 3 heteroatoms. The van der Waals surface area contributed by atoms with Crippen LogP contribution in [0.1, 0.15) is 32.8 Å². The van der Waals surface area contributed by atoms with Crippen molar-refractivity contribution in [1.82, 2.24) is 0 Å². The van der Waals surface area contributed by atoms with Crippen molar-refractivity contribution in [2.75, 3.05) is 0 Å². The Kier molecular flexibility index (Phi) is 4.16. The lowest BCUT2D eigenvalue weighted by atomic mass is 9.86. The molecule has 1 rings (SSSR count). The molecule has 0 amide bonds. The van der Waals surface area contributed by atoms with E-state index in [0.717, 1.165) is 12.8 Å². The smallest absolute Gasteiger partial charge is 0.0591 e. The van der Waals surface area contributed by atoms with E-state index in [1.807, 2.05) is 0 Å². The van der Waals surface area contributed by atoms with Crippen molar-refractivity contribution >= 4 is 27.3 Å². The van der Waals surface area contributed by atoms with Crippen molar-refractivity contribution in [3.05, 3.63) is 20.8 Å². The van der Waals surface area contributed by atoms with Crippen molar-refractivity contribution < 1.29 is 5.11 Å². The topological polar surface area (TPSA) is 20.2 Å². The molecule has 1 aromatic rings. The first kappa shape index (κ1) is 12.2. The van der Waals surface area contributed by atoms with Crippen LogP contribution in [0.5, 0.6) is 0 Å². The Balaban J connectivity index is 2.46. The van der Waals surface area contributed by atoms with Crippen LogP contribution in [0, 0.1) is 5.41 Å². The zero-order chi connectivity index (χ0) is 10.8. The number of aryl methyl sites for hydroxylation is 1. The van der Waals surface area contributed by atoms with Gasteiger partial charge in [0.25, 0.3) is 0 Å². The molecular weight excluding hydrogens is 260 g/mol. The van der Waals surface area contributed by atoms with Gasteiger partial charge in [0, 0.05) is 9.85 Å². The summed E-state index contributed by atoms with van der Waals surface area (Å²) in [5.74, 6) is 0. The third kappa shape index (κ3) is 3.37. The van der Waals surface area contributed by atoms with E-state index in [4.69, 9.17) is 0 Å². The highest BCUT2D eigenvalue weighted by molar-refractivity contribution is 9.10. The molecule has 0 aliphatic rings. The number of rotatable bonds is 3. The van der Waals surface area contributed by atoms with Crippen LogP contribution in [0.2, 0.25) is 0 Å². The van der Waals surface area contributed by atoms with Crippen LogP contribution in [0.4, 0.5) is 0 Å². The molecule has 1 N–H and O–H groups in total. The Labute approximate surface area is 98.3 Å². The van der Waals surface area contributed by atoms with E-state index in [9.17, 15) is 5.11 Å². The Bertz CT molecular complexity index is 288. The van der Waals surface area contributed by atoms with E-state index in [2.05, 4.69) is 47.5 Å². The summed E-state index contributed by atoms with van der Waals surface area (Å²) < 4.78 is 1.17. The largest absolute Gasteiger partial charge is 0.393 e. The van der Waals surface area contributed by atoms with E-state index in [1.54, 1.807) is 11.3 Å². The fourth-order valence-electron chi connectivity index (χ4n) is 1.21. The first-order valence-electron chi connectivity index (χ1n) is 4.80. The summed E-state index contributed by atoms with van der Waals surface area (Å²) >= 11 is 5.19. The lowest BCUT2D eigenvalue weighted by Gasteiger charge is -2.25. The number of thiophene rings is 1. The number of hydrogen-bond donors (Lipinski definition) is 1. The highest BCUT2D eigenvalue weighted by Crippen LogP contribution is 2.26. The molecule has 0 bridgehead atoms. The standard InChI is InChI=1S/C11H17BrOS/c1-11(2,3)10(13)5-4-8-6-14-7-9(8)12/h6-7,10,13H,4-5H2,1-3H3. The molecular formula is C11H17BrOS. The maximum atomic E-state index is 9.86. The van der Waals surface area contributed by atoms with Crippen molar-refractivity contribution in [3.63, 3.8) is 0 Å². The summed E-state index contributed by atoms with van der Waals surface area (Å²) in [6, 6.07) is 0. The van der Waals surface area contributed by atoms with Crippen molar-refractivity contribution in [2.24, 2.45) is 5.41 Å². The quantitative estimate of drug-likeness (QED) is 0.889. The molecule has 14 heavy (non-hydrogen) atoms. The molecule has 0 aromatic carbocycles. The average molecular weight is 277 g/mol. The second-order valence-electron chi connectivity index (χ2n) is 4.67. The second-order valence-corrected chi connectivity index (χ2v) is 6.26. The third-order valence-corrected chi connectivity index (χ3v) is 4.21. The normalized spacial score (nSPS) is 14.4. The molecule has 0 saturated carbocycles. The number of hydrogen-bond acceptors (Lipinski definition) is 2. The molecule has 0 aliphatic heterocycles. The van der Waals surface area contributed by atoms with Crippen LogP contribution in [0.3, 0.4) is 0 Å². The van der Waals surface area contributed by atoms with E-state index >= 15 is 0 Å². The summed E-state index contributed by atoms with van der Waals surface area (Å²) in [7, 11) is 0. The van der Waals surface area contributed by atoms with Gasteiger partial charge >= 0.3 is 0 Å². The van der Waals surface area contributed by atoms with Gasteiger partial charge in [-0.15, -0.1) is 0 Å². The van der Waals surface area contributed by atoms with Gasteiger partial charge in [-0.3, -0.25) is 0 Å². The molecule has 80 valence electrons. The molecule has 1 atom stereocenters. The fourth-order valence-corrected chi connectivity index (χ4v) is 2.75. The van der Waals surface area contributed by atoms with Crippen LogP contribution in [-0.2, 0) is 6.42 Å². The molecule has 0 fully saturated rings. The van der Waals surface area contributed by atoms with Gasteiger partial charge in [-0.25, -0.2) is 0 Å². The van der Waals surface area contributed by atoms with Crippen LogP contribution < -0.4 is 0 Å². The Morgan fingerprint density at radius 2 is 2.07 bits per heavy atom. The fraction of sp³-hybridized carbons (Fsp3) is 0.636. The molecule has 1 aromatic heterocycles. The minimum Gasteiger partial charge on any atom is -0.393 e. The summed E-state index contributed by atoms with van der Waals surface area (Å²) in [5.41, 5.74) is 1.29. The second kappa shape index (κ2) is 4.77. The maximum absolute atomic E-state index is 9.86.